The van der Waals surface area contributed by atoms with E-state index in [2.05, 4.69) is 15.5 Å². The summed E-state index contributed by atoms with van der Waals surface area (Å²) in [5.41, 5.74) is 0. The van der Waals surface area contributed by atoms with Crippen LogP contribution in [-0.4, -0.2) is 53.1 Å². The van der Waals surface area contributed by atoms with E-state index in [1.807, 2.05) is 19.1 Å². The van der Waals surface area contributed by atoms with E-state index < -0.39 is 0 Å². The Morgan fingerprint density at radius 3 is 3.08 bits per heavy atom. The van der Waals surface area contributed by atoms with Crippen LogP contribution in [0.25, 0.3) is 0 Å². The van der Waals surface area contributed by atoms with Crippen molar-refractivity contribution >= 4 is 34.1 Å². The number of thioether (sulfide) groups is 1. The van der Waals surface area contributed by atoms with Crippen LogP contribution in [0.2, 0.25) is 0 Å². The molecule has 1 amide bonds. The van der Waals surface area contributed by atoms with E-state index in [0.29, 0.717) is 12.3 Å². The van der Waals surface area contributed by atoms with E-state index >= 15 is 0 Å². The maximum atomic E-state index is 12.2. The van der Waals surface area contributed by atoms with Gasteiger partial charge in [-0.1, -0.05) is 23.1 Å². The molecule has 136 valence electrons. The monoisotopic (exact) mass is 382 g/mol. The predicted molar refractivity (Wildman–Crippen MR) is 98.0 cm³/mol. The highest BCUT2D eigenvalue weighted by Gasteiger charge is 2.17. The SMILES string of the molecule is Cc1ccc(CN(C)C(=O)CSc2nnc(NC[C@H]3CCCO3)s2)o1. The minimum Gasteiger partial charge on any atom is -0.464 e. The van der Waals surface area contributed by atoms with Gasteiger partial charge in [-0.2, -0.15) is 0 Å². The lowest BCUT2D eigenvalue weighted by atomic mass is 10.2. The van der Waals surface area contributed by atoms with Crippen molar-refractivity contribution < 1.29 is 13.9 Å². The first kappa shape index (κ1) is 18.2. The van der Waals surface area contributed by atoms with Crippen molar-refractivity contribution in [3.05, 3.63) is 23.7 Å². The van der Waals surface area contributed by atoms with E-state index in [0.717, 1.165) is 47.0 Å². The van der Waals surface area contributed by atoms with Crippen LogP contribution in [0.3, 0.4) is 0 Å². The summed E-state index contributed by atoms with van der Waals surface area (Å²) >= 11 is 2.87. The molecular weight excluding hydrogens is 360 g/mol. The molecule has 2 aromatic heterocycles. The van der Waals surface area contributed by atoms with Crippen molar-refractivity contribution in [2.75, 3.05) is 31.3 Å². The van der Waals surface area contributed by atoms with Gasteiger partial charge >= 0.3 is 0 Å². The number of nitrogens with one attached hydrogen (secondary N) is 1. The van der Waals surface area contributed by atoms with Crippen molar-refractivity contribution in [1.29, 1.82) is 0 Å². The van der Waals surface area contributed by atoms with Crippen LogP contribution >= 0.6 is 23.1 Å². The molecule has 1 aliphatic heterocycles. The van der Waals surface area contributed by atoms with Crippen LogP contribution in [0.5, 0.6) is 0 Å². The molecule has 1 aliphatic rings. The number of rotatable bonds is 8. The molecule has 0 saturated carbocycles. The minimum absolute atomic E-state index is 0.0307. The first-order chi connectivity index (χ1) is 12.1. The number of furan rings is 1. The molecule has 3 heterocycles. The zero-order chi connectivity index (χ0) is 17.6. The zero-order valence-corrected chi connectivity index (χ0v) is 16.0. The first-order valence-corrected chi connectivity index (χ1v) is 10.0. The first-order valence-electron chi connectivity index (χ1n) is 8.21. The number of carbonyl (C=O) groups is 1. The molecule has 0 unspecified atom stereocenters. The maximum Gasteiger partial charge on any atom is 0.233 e. The second-order valence-corrected chi connectivity index (χ2v) is 8.14. The average Bonchev–Trinajstić information content (AvgIpc) is 3.33. The molecule has 1 fully saturated rings. The van der Waals surface area contributed by atoms with Crippen LogP contribution < -0.4 is 5.32 Å². The molecule has 0 aromatic carbocycles. The summed E-state index contributed by atoms with van der Waals surface area (Å²) in [4.78, 5) is 13.9. The molecular formula is C16H22N4O3S2. The zero-order valence-electron chi connectivity index (χ0n) is 14.4. The summed E-state index contributed by atoms with van der Waals surface area (Å²) in [5, 5.41) is 12.3. The van der Waals surface area contributed by atoms with Gasteiger partial charge in [-0.05, 0) is 31.9 Å². The number of amides is 1. The minimum atomic E-state index is 0.0307. The highest BCUT2D eigenvalue weighted by molar-refractivity contribution is 8.01. The van der Waals surface area contributed by atoms with Gasteiger partial charge in [-0.25, -0.2) is 0 Å². The number of hydrogen-bond acceptors (Lipinski definition) is 8. The van der Waals surface area contributed by atoms with Gasteiger partial charge in [0.15, 0.2) is 4.34 Å². The quantitative estimate of drug-likeness (QED) is 0.703. The summed E-state index contributed by atoms with van der Waals surface area (Å²) < 4.78 is 11.9. The summed E-state index contributed by atoms with van der Waals surface area (Å²) in [6.45, 7) is 3.96. The van der Waals surface area contributed by atoms with Crippen LogP contribution in [0.1, 0.15) is 24.4 Å². The number of ether oxygens (including phenoxy) is 1. The molecule has 0 radical (unpaired) electrons. The molecule has 3 rings (SSSR count). The molecule has 1 saturated heterocycles. The summed E-state index contributed by atoms with van der Waals surface area (Å²) in [6, 6.07) is 3.79. The third kappa shape index (κ3) is 5.45. The van der Waals surface area contributed by atoms with E-state index in [4.69, 9.17) is 9.15 Å². The van der Waals surface area contributed by atoms with Crippen LogP contribution in [0.15, 0.2) is 20.9 Å². The number of aromatic nitrogens is 2. The highest BCUT2D eigenvalue weighted by atomic mass is 32.2. The third-order valence-electron chi connectivity index (χ3n) is 3.85. The second kappa shape index (κ2) is 8.68. The fraction of sp³-hybridized carbons (Fsp3) is 0.562. The Bertz CT molecular complexity index is 697. The summed E-state index contributed by atoms with van der Waals surface area (Å²) in [7, 11) is 1.77. The highest BCUT2D eigenvalue weighted by Crippen LogP contribution is 2.26. The molecule has 9 heteroatoms. The number of carbonyl (C=O) groups excluding carboxylic acids is 1. The van der Waals surface area contributed by atoms with Crippen molar-refractivity contribution in [1.82, 2.24) is 15.1 Å². The predicted octanol–water partition coefficient (Wildman–Crippen LogP) is 2.78. The Morgan fingerprint density at radius 2 is 2.36 bits per heavy atom. The van der Waals surface area contributed by atoms with Gasteiger partial charge in [0.2, 0.25) is 11.0 Å². The molecule has 0 bridgehead atoms. The third-order valence-corrected chi connectivity index (χ3v) is 5.84. The van der Waals surface area contributed by atoms with Crippen molar-refractivity contribution in [2.24, 2.45) is 0 Å². The lowest BCUT2D eigenvalue weighted by molar-refractivity contribution is -0.127. The van der Waals surface area contributed by atoms with E-state index in [-0.39, 0.29) is 12.0 Å². The van der Waals surface area contributed by atoms with E-state index in [1.165, 1.54) is 23.1 Å². The molecule has 0 aliphatic carbocycles. The molecule has 2 aromatic rings. The smallest absolute Gasteiger partial charge is 0.233 e. The van der Waals surface area contributed by atoms with Gasteiger partial charge < -0.3 is 19.4 Å². The molecule has 0 spiro atoms. The standard InChI is InChI=1S/C16H22N4O3S2/c1-11-5-6-13(23-11)9-20(2)14(21)10-24-16-19-18-15(25-16)17-8-12-4-3-7-22-12/h5-6,12H,3-4,7-10H2,1-2H3,(H,17,18)/t12-/m1/s1. The van der Waals surface area contributed by atoms with Crippen LogP contribution in [0.4, 0.5) is 5.13 Å². The molecule has 1 atom stereocenters. The van der Waals surface area contributed by atoms with Crippen LogP contribution in [0, 0.1) is 6.92 Å². The maximum absolute atomic E-state index is 12.2. The van der Waals surface area contributed by atoms with Crippen LogP contribution in [-0.2, 0) is 16.1 Å². The Kier molecular flexibility index (Phi) is 6.33. The topological polar surface area (TPSA) is 80.5 Å². The van der Waals surface area contributed by atoms with Gasteiger partial charge in [0.25, 0.3) is 0 Å². The van der Waals surface area contributed by atoms with Gasteiger partial charge in [0, 0.05) is 20.2 Å². The van der Waals surface area contributed by atoms with Gasteiger partial charge in [-0.3, -0.25) is 4.79 Å². The number of anilines is 1. The van der Waals surface area contributed by atoms with Crippen molar-refractivity contribution in [3.63, 3.8) is 0 Å². The Morgan fingerprint density at radius 1 is 1.48 bits per heavy atom. The van der Waals surface area contributed by atoms with Gasteiger partial charge in [0.05, 0.1) is 18.4 Å². The second-order valence-electron chi connectivity index (χ2n) is 5.94. The summed E-state index contributed by atoms with van der Waals surface area (Å²) in [5.74, 6) is 2.00. The largest absolute Gasteiger partial charge is 0.464 e. The lowest BCUT2D eigenvalue weighted by Crippen LogP contribution is -2.27. The molecule has 7 nitrogen and oxygen atoms in total. The molecule has 25 heavy (non-hydrogen) atoms. The lowest BCUT2D eigenvalue weighted by Gasteiger charge is -2.14. The fourth-order valence-electron chi connectivity index (χ4n) is 2.47. The number of nitrogens with zero attached hydrogens (tertiary/aromatic N) is 3. The number of hydrogen-bond donors (Lipinski definition) is 1. The fourth-order valence-corrected chi connectivity index (χ4v) is 4.17. The number of aryl methyl sites for hydroxylation is 1. The normalized spacial score (nSPS) is 17.0. The Hall–Kier alpha value is -1.58. The van der Waals surface area contributed by atoms with Gasteiger partial charge in [-0.15, -0.1) is 10.2 Å². The Labute approximate surface area is 155 Å². The Balaban J connectivity index is 1.40. The van der Waals surface area contributed by atoms with E-state index in [1.54, 1.807) is 11.9 Å². The molecule has 1 N–H and O–H groups in total. The van der Waals surface area contributed by atoms with E-state index in [9.17, 15) is 4.79 Å². The van der Waals surface area contributed by atoms with Crippen molar-refractivity contribution in [2.45, 2.75) is 36.8 Å². The summed E-state index contributed by atoms with van der Waals surface area (Å²) in [6.07, 6.45) is 2.47. The average molecular weight is 383 g/mol. The van der Waals surface area contributed by atoms with Crippen molar-refractivity contribution in [3.8, 4) is 0 Å². The van der Waals surface area contributed by atoms with Gasteiger partial charge in [0.1, 0.15) is 11.5 Å².